The summed E-state index contributed by atoms with van der Waals surface area (Å²) < 4.78 is 39.9. The van der Waals surface area contributed by atoms with E-state index in [1.165, 1.54) is 22.5 Å². The fraction of sp³-hybridized carbons (Fsp3) is 0.407. The predicted molar refractivity (Wildman–Crippen MR) is 137 cm³/mol. The Kier molecular flexibility index (Phi) is 6.72. The zero-order valence-corrected chi connectivity index (χ0v) is 20.2. The molecule has 2 N–H and O–H groups in total. The molecule has 7 nitrogen and oxygen atoms in total. The third-order valence-electron chi connectivity index (χ3n) is 7.62. The number of piperazine rings is 1. The number of nitro groups is 1. The minimum Gasteiger partial charge on any atom is -0.382 e. The van der Waals surface area contributed by atoms with Crippen LogP contribution in [-0.2, 0) is 6.18 Å². The molecule has 0 radical (unpaired) electrons. The molecular weight excluding hydrogens is 485 g/mol. The standard InChI is InChI=1S/C27H29F3N4O3/c28-27(29,30)24-18-22(6-8-25(24)34(36)37)31-21-9-11-26(35,12-10-21)33-15-13-32(14-16-33)23-7-5-19-3-1-2-4-20(19)17-23/h1-8,17-18,21,31,35H,9-16H2. The van der Waals surface area contributed by atoms with Crippen molar-refractivity contribution in [2.45, 2.75) is 43.6 Å². The normalized spacial score (nSPS) is 23.2. The molecule has 10 heteroatoms. The second-order valence-corrected chi connectivity index (χ2v) is 9.89. The second kappa shape index (κ2) is 9.83. The zero-order chi connectivity index (χ0) is 26.2. The summed E-state index contributed by atoms with van der Waals surface area (Å²) in [6, 6.07) is 17.6. The highest BCUT2D eigenvalue weighted by molar-refractivity contribution is 5.85. The highest BCUT2D eigenvalue weighted by Gasteiger charge is 2.41. The Morgan fingerprint density at radius 3 is 2.27 bits per heavy atom. The minimum atomic E-state index is -4.82. The van der Waals surface area contributed by atoms with Crippen molar-refractivity contribution >= 4 is 27.8 Å². The van der Waals surface area contributed by atoms with E-state index in [0.29, 0.717) is 25.7 Å². The van der Waals surface area contributed by atoms with Crippen LogP contribution in [0.15, 0.2) is 60.7 Å². The van der Waals surface area contributed by atoms with Crippen molar-refractivity contribution in [3.05, 3.63) is 76.3 Å². The summed E-state index contributed by atoms with van der Waals surface area (Å²) in [6.07, 6.45) is -2.65. The minimum absolute atomic E-state index is 0.123. The number of fused-ring (bicyclic) bond motifs is 1. The first kappa shape index (κ1) is 25.3. The number of nitrogens with one attached hydrogen (secondary N) is 1. The Labute approximate surface area is 212 Å². The van der Waals surface area contributed by atoms with Gasteiger partial charge >= 0.3 is 6.18 Å². The van der Waals surface area contributed by atoms with Gasteiger partial charge in [0.1, 0.15) is 11.3 Å². The maximum atomic E-state index is 13.3. The van der Waals surface area contributed by atoms with E-state index in [9.17, 15) is 28.4 Å². The van der Waals surface area contributed by atoms with Crippen molar-refractivity contribution in [3.63, 3.8) is 0 Å². The van der Waals surface area contributed by atoms with E-state index in [4.69, 9.17) is 0 Å². The van der Waals surface area contributed by atoms with Gasteiger partial charge in [-0.05, 0) is 60.7 Å². The smallest absolute Gasteiger partial charge is 0.382 e. The first-order chi connectivity index (χ1) is 17.6. The largest absolute Gasteiger partial charge is 0.423 e. The lowest BCUT2D eigenvalue weighted by Crippen LogP contribution is -2.59. The zero-order valence-electron chi connectivity index (χ0n) is 20.2. The van der Waals surface area contributed by atoms with E-state index in [0.717, 1.165) is 38.3 Å². The topological polar surface area (TPSA) is 81.9 Å². The lowest BCUT2D eigenvalue weighted by atomic mass is 9.86. The summed E-state index contributed by atoms with van der Waals surface area (Å²) >= 11 is 0. The van der Waals surface area contributed by atoms with Crippen LogP contribution in [-0.4, -0.2) is 52.9 Å². The quantitative estimate of drug-likeness (QED) is 0.339. The number of hydrogen-bond donors (Lipinski definition) is 2. The Morgan fingerprint density at radius 2 is 1.62 bits per heavy atom. The average Bonchev–Trinajstić information content (AvgIpc) is 2.89. The van der Waals surface area contributed by atoms with Gasteiger partial charge in [-0.1, -0.05) is 30.3 Å². The van der Waals surface area contributed by atoms with E-state index in [1.807, 2.05) is 12.1 Å². The molecule has 0 bridgehead atoms. The maximum absolute atomic E-state index is 13.3. The van der Waals surface area contributed by atoms with Crippen LogP contribution in [0.5, 0.6) is 0 Å². The summed E-state index contributed by atoms with van der Waals surface area (Å²) in [5.41, 5.74) is -1.81. The lowest BCUT2D eigenvalue weighted by Gasteiger charge is -2.48. The van der Waals surface area contributed by atoms with Crippen LogP contribution in [0.4, 0.5) is 30.2 Å². The van der Waals surface area contributed by atoms with Crippen LogP contribution in [0, 0.1) is 10.1 Å². The molecule has 1 aliphatic heterocycles. The second-order valence-electron chi connectivity index (χ2n) is 9.89. The third-order valence-corrected chi connectivity index (χ3v) is 7.62. The molecular formula is C27H29F3N4O3. The number of alkyl halides is 3. The molecule has 3 aromatic carbocycles. The summed E-state index contributed by atoms with van der Waals surface area (Å²) in [7, 11) is 0. The molecule has 2 fully saturated rings. The van der Waals surface area contributed by atoms with Crippen molar-refractivity contribution in [1.29, 1.82) is 0 Å². The molecule has 2 aliphatic rings. The van der Waals surface area contributed by atoms with Crippen LogP contribution < -0.4 is 10.2 Å². The molecule has 0 aromatic heterocycles. The van der Waals surface area contributed by atoms with E-state index < -0.39 is 28.1 Å². The first-order valence-corrected chi connectivity index (χ1v) is 12.5. The number of benzene rings is 3. The molecule has 1 aliphatic carbocycles. The monoisotopic (exact) mass is 514 g/mol. The van der Waals surface area contributed by atoms with Crippen molar-refractivity contribution in [2.24, 2.45) is 0 Å². The molecule has 1 saturated carbocycles. The fourth-order valence-electron chi connectivity index (χ4n) is 5.54. The van der Waals surface area contributed by atoms with Gasteiger partial charge < -0.3 is 15.3 Å². The van der Waals surface area contributed by atoms with Crippen molar-refractivity contribution in [2.75, 3.05) is 36.4 Å². The van der Waals surface area contributed by atoms with Gasteiger partial charge in [0.15, 0.2) is 0 Å². The van der Waals surface area contributed by atoms with Crippen LogP contribution in [0.1, 0.15) is 31.2 Å². The van der Waals surface area contributed by atoms with Gasteiger partial charge in [-0.2, -0.15) is 13.2 Å². The van der Waals surface area contributed by atoms with Gasteiger partial charge in [0, 0.05) is 49.7 Å². The summed E-state index contributed by atoms with van der Waals surface area (Å²) in [4.78, 5) is 14.4. The Bertz CT molecular complexity index is 1280. The van der Waals surface area contributed by atoms with Crippen molar-refractivity contribution in [3.8, 4) is 0 Å². The number of anilines is 2. The molecule has 1 heterocycles. The van der Waals surface area contributed by atoms with Gasteiger partial charge in [0.2, 0.25) is 0 Å². The molecule has 0 atom stereocenters. The molecule has 37 heavy (non-hydrogen) atoms. The summed E-state index contributed by atoms with van der Waals surface area (Å²) in [5, 5.41) is 27.9. The van der Waals surface area contributed by atoms with Gasteiger partial charge in [-0.25, -0.2) is 0 Å². The van der Waals surface area contributed by atoms with Gasteiger partial charge in [-0.3, -0.25) is 15.0 Å². The molecule has 5 rings (SSSR count). The van der Waals surface area contributed by atoms with Crippen LogP contribution in [0.3, 0.4) is 0 Å². The Hall–Kier alpha value is -3.37. The number of hydrogen-bond acceptors (Lipinski definition) is 6. The third kappa shape index (κ3) is 5.35. The molecule has 196 valence electrons. The predicted octanol–water partition coefficient (Wildman–Crippen LogP) is 5.63. The fourth-order valence-corrected chi connectivity index (χ4v) is 5.54. The highest BCUT2D eigenvalue weighted by Crippen LogP contribution is 2.39. The highest BCUT2D eigenvalue weighted by atomic mass is 19.4. The molecule has 3 aromatic rings. The van der Waals surface area contributed by atoms with Crippen LogP contribution in [0.25, 0.3) is 10.8 Å². The van der Waals surface area contributed by atoms with E-state index >= 15 is 0 Å². The molecule has 0 amide bonds. The molecule has 0 unspecified atom stereocenters. The van der Waals surface area contributed by atoms with E-state index in [1.54, 1.807) is 0 Å². The molecule has 0 spiro atoms. The van der Waals surface area contributed by atoms with E-state index in [-0.39, 0.29) is 11.7 Å². The van der Waals surface area contributed by atoms with E-state index in [2.05, 4.69) is 45.4 Å². The first-order valence-electron chi connectivity index (χ1n) is 12.5. The Balaban J connectivity index is 1.17. The van der Waals surface area contributed by atoms with Crippen molar-refractivity contribution in [1.82, 2.24) is 4.90 Å². The number of halogens is 3. The van der Waals surface area contributed by atoms with Gasteiger partial charge in [-0.15, -0.1) is 0 Å². The van der Waals surface area contributed by atoms with Gasteiger partial charge in [0.25, 0.3) is 5.69 Å². The SMILES string of the molecule is O=[N+]([O-])c1ccc(NC2CCC(O)(N3CCN(c4ccc5ccccc5c4)CC3)CC2)cc1C(F)(F)F. The van der Waals surface area contributed by atoms with Crippen LogP contribution >= 0.6 is 0 Å². The number of nitrogens with zero attached hydrogens (tertiary/aromatic N) is 3. The van der Waals surface area contributed by atoms with Crippen LogP contribution in [0.2, 0.25) is 0 Å². The summed E-state index contributed by atoms with van der Waals surface area (Å²) in [5.74, 6) is 0. The van der Waals surface area contributed by atoms with Gasteiger partial charge in [0.05, 0.1) is 4.92 Å². The number of rotatable bonds is 5. The number of aliphatic hydroxyl groups is 1. The number of nitro benzene ring substituents is 1. The average molecular weight is 515 g/mol. The van der Waals surface area contributed by atoms with Crippen molar-refractivity contribution < 1.29 is 23.2 Å². The lowest BCUT2D eigenvalue weighted by molar-refractivity contribution is -0.388. The Morgan fingerprint density at radius 1 is 0.946 bits per heavy atom. The molecule has 1 saturated heterocycles. The maximum Gasteiger partial charge on any atom is 0.423 e. The summed E-state index contributed by atoms with van der Waals surface area (Å²) in [6.45, 7) is 3.04.